The van der Waals surface area contributed by atoms with Crippen LogP contribution in [0.2, 0.25) is 0 Å². The van der Waals surface area contributed by atoms with Crippen LogP contribution in [0.4, 0.5) is 8.78 Å². The minimum absolute atomic E-state index is 0.0693. The molecule has 4 rings (SSSR count). The van der Waals surface area contributed by atoms with Crippen molar-refractivity contribution in [3.05, 3.63) is 120 Å². The van der Waals surface area contributed by atoms with Gasteiger partial charge in [0, 0.05) is 5.56 Å². The van der Waals surface area contributed by atoms with E-state index in [0.29, 0.717) is 16.9 Å². The van der Waals surface area contributed by atoms with Crippen molar-refractivity contribution in [1.29, 1.82) is 0 Å². The molecule has 4 aromatic carbocycles. The third-order valence-electron chi connectivity index (χ3n) is 6.23. The van der Waals surface area contributed by atoms with Crippen LogP contribution in [0.5, 0.6) is 11.5 Å². The number of unbranched alkanes of at least 4 members (excludes halogenated alkanes) is 2. The van der Waals surface area contributed by atoms with Crippen molar-refractivity contribution < 1.29 is 23.0 Å². The van der Waals surface area contributed by atoms with Crippen LogP contribution in [0.3, 0.4) is 0 Å². The first kappa shape index (κ1) is 26.8. The molecule has 0 saturated carbocycles. The SMILES string of the molecule is C/C=C/Oc1ccc(-c2ccc(C(=O)Oc3ccc(-c4ccc(CCCCC)cc4)cc3)cc2)c(F)c1F. The van der Waals surface area contributed by atoms with Gasteiger partial charge in [-0.15, -0.1) is 0 Å². The molecule has 0 saturated heterocycles. The van der Waals surface area contributed by atoms with Crippen molar-refractivity contribution >= 4 is 5.97 Å². The third kappa shape index (κ3) is 6.54. The molecule has 0 unspecified atom stereocenters. The maximum absolute atomic E-state index is 14.6. The van der Waals surface area contributed by atoms with Gasteiger partial charge in [-0.3, -0.25) is 0 Å². The fourth-order valence-electron chi connectivity index (χ4n) is 4.10. The zero-order chi connectivity index (χ0) is 26.9. The van der Waals surface area contributed by atoms with Crippen molar-refractivity contribution in [3.8, 4) is 33.8 Å². The first-order chi connectivity index (χ1) is 18.5. The Morgan fingerprint density at radius 1 is 0.763 bits per heavy atom. The van der Waals surface area contributed by atoms with E-state index in [1.54, 1.807) is 37.3 Å². The number of halogens is 2. The molecule has 5 heteroatoms. The van der Waals surface area contributed by atoms with Gasteiger partial charge in [0.15, 0.2) is 11.6 Å². The summed E-state index contributed by atoms with van der Waals surface area (Å²) in [4.78, 5) is 12.6. The Morgan fingerprint density at radius 3 is 2.03 bits per heavy atom. The van der Waals surface area contributed by atoms with Crippen LogP contribution in [-0.4, -0.2) is 5.97 Å². The van der Waals surface area contributed by atoms with Crippen LogP contribution in [0.1, 0.15) is 49.0 Å². The second kappa shape index (κ2) is 12.8. The standard InChI is InChI=1S/C33H30F2O3/c1-3-5-6-7-23-8-10-24(11-9-23)25-16-18-28(19-17-25)38-33(36)27-14-12-26(13-15-27)29-20-21-30(37-22-4-2)32(35)31(29)34/h4,8-22H,3,5-7H2,1-2H3/b22-4+. The summed E-state index contributed by atoms with van der Waals surface area (Å²) in [6.45, 7) is 3.91. The maximum atomic E-state index is 14.6. The van der Waals surface area contributed by atoms with Gasteiger partial charge in [0.05, 0.1) is 11.8 Å². The second-order valence-corrected chi connectivity index (χ2v) is 8.97. The number of carbonyl (C=O) groups is 1. The zero-order valence-corrected chi connectivity index (χ0v) is 21.5. The summed E-state index contributed by atoms with van der Waals surface area (Å²) < 4.78 is 39.5. The Bertz CT molecular complexity index is 1390. The fraction of sp³-hybridized carbons (Fsp3) is 0.182. The van der Waals surface area contributed by atoms with Gasteiger partial charge in [-0.1, -0.05) is 74.4 Å². The van der Waals surface area contributed by atoms with Gasteiger partial charge in [-0.05, 0) is 78.4 Å². The molecule has 0 radical (unpaired) electrons. The largest absolute Gasteiger partial charge is 0.462 e. The Balaban J connectivity index is 1.39. The first-order valence-electron chi connectivity index (χ1n) is 12.8. The summed E-state index contributed by atoms with van der Waals surface area (Å²) in [5.41, 5.74) is 4.26. The number of allylic oxidation sites excluding steroid dienone is 1. The molecular weight excluding hydrogens is 482 g/mol. The van der Waals surface area contributed by atoms with Gasteiger partial charge in [0.1, 0.15) is 5.75 Å². The molecule has 0 heterocycles. The number of hydrogen-bond donors (Lipinski definition) is 0. The van der Waals surface area contributed by atoms with Crippen LogP contribution in [-0.2, 0) is 6.42 Å². The molecule has 0 atom stereocenters. The van der Waals surface area contributed by atoms with Crippen LogP contribution in [0.15, 0.2) is 97.3 Å². The highest BCUT2D eigenvalue weighted by Crippen LogP contribution is 2.30. The molecule has 0 aromatic heterocycles. The van der Waals surface area contributed by atoms with Crippen molar-refractivity contribution in [1.82, 2.24) is 0 Å². The molecular formula is C33H30F2O3. The van der Waals surface area contributed by atoms with E-state index < -0.39 is 17.6 Å². The highest BCUT2D eigenvalue weighted by molar-refractivity contribution is 5.91. The van der Waals surface area contributed by atoms with E-state index in [-0.39, 0.29) is 11.3 Å². The number of esters is 1. The smallest absolute Gasteiger partial charge is 0.343 e. The molecule has 3 nitrogen and oxygen atoms in total. The lowest BCUT2D eigenvalue weighted by Crippen LogP contribution is -2.08. The van der Waals surface area contributed by atoms with E-state index in [4.69, 9.17) is 9.47 Å². The lowest BCUT2D eigenvalue weighted by atomic mass is 10.0. The van der Waals surface area contributed by atoms with Gasteiger partial charge >= 0.3 is 5.97 Å². The minimum atomic E-state index is -1.07. The molecule has 0 aliphatic heterocycles. The average Bonchev–Trinajstić information content (AvgIpc) is 2.95. The van der Waals surface area contributed by atoms with Crippen LogP contribution < -0.4 is 9.47 Å². The predicted octanol–water partition coefficient (Wildman–Crippen LogP) is 9.16. The number of carbonyl (C=O) groups excluding carboxylic acids is 1. The summed E-state index contributed by atoms with van der Waals surface area (Å²) in [5.74, 6) is -2.41. The van der Waals surface area contributed by atoms with E-state index in [1.807, 2.05) is 12.1 Å². The first-order valence-corrected chi connectivity index (χ1v) is 12.8. The Kier molecular flexibility index (Phi) is 9.04. The lowest BCUT2D eigenvalue weighted by molar-refractivity contribution is 0.0735. The summed E-state index contributed by atoms with van der Waals surface area (Å²) >= 11 is 0. The minimum Gasteiger partial charge on any atom is -0.462 e. The van der Waals surface area contributed by atoms with E-state index in [0.717, 1.165) is 17.5 Å². The summed E-state index contributed by atoms with van der Waals surface area (Å²) in [5, 5.41) is 0. The summed E-state index contributed by atoms with van der Waals surface area (Å²) in [6.07, 6.45) is 7.60. The normalized spacial score (nSPS) is 11.1. The van der Waals surface area contributed by atoms with Gasteiger partial charge in [-0.2, -0.15) is 4.39 Å². The van der Waals surface area contributed by atoms with Gasteiger partial charge in [0.25, 0.3) is 0 Å². The average molecular weight is 513 g/mol. The number of hydrogen-bond acceptors (Lipinski definition) is 3. The molecule has 0 N–H and O–H groups in total. The van der Waals surface area contributed by atoms with Crippen LogP contribution in [0.25, 0.3) is 22.3 Å². The van der Waals surface area contributed by atoms with Crippen LogP contribution in [0, 0.1) is 11.6 Å². The van der Waals surface area contributed by atoms with Crippen molar-refractivity contribution in [2.45, 2.75) is 39.5 Å². The monoisotopic (exact) mass is 512 g/mol. The number of benzene rings is 4. The molecule has 0 fully saturated rings. The quantitative estimate of drug-likeness (QED) is 0.0920. The number of aryl methyl sites for hydroxylation is 1. The van der Waals surface area contributed by atoms with Gasteiger partial charge in [0.2, 0.25) is 5.82 Å². The van der Waals surface area contributed by atoms with Crippen molar-refractivity contribution in [2.24, 2.45) is 0 Å². The molecule has 0 amide bonds. The van der Waals surface area contributed by atoms with Gasteiger partial charge < -0.3 is 9.47 Å². The number of rotatable bonds is 10. The van der Waals surface area contributed by atoms with E-state index in [9.17, 15) is 13.6 Å². The molecule has 0 aliphatic rings. The van der Waals surface area contributed by atoms with Crippen molar-refractivity contribution in [3.63, 3.8) is 0 Å². The summed E-state index contributed by atoms with van der Waals surface area (Å²) in [6, 6.07) is 24.8. The highest BCUT2D eigenvalue weighted by Gasteiger charge is 2.16. The molecule has 38 heavy (non-hydrogen) atoms. The second-order valence-electron chi connectivity index (χ2n) is 8.97. The summed E-state index contributed by atoms with van der Waals surface area (Å²) in [7, 11) is 0. The van der Waals surface area contributed by atoms with Gasteiger partial charge in [-0.25, -0.2) is 9.18 Å². The molecule has 4 aromatic rings. The van der Waals surface area contributed by atoms with Crippen molar-refractivity contribution in [2.75, 3.05) is 0 Å². The van der Waals surface area contributed by atoms with E-state index in [1.165, 1.54) is 55.4 Å². The zero-order valence-electron chi connectivity index (χ0n) is 21.5. The maximum Gasteiger partial charge on any atom is 0.343 e. The Labute approximate surface area is 222 Å². The number of ether oxygens (including phenoxy) is 2. The lowest BCUT2D eigenvalue weighted by Gasteiger charge is -2.09. The Hall–Kier alpha value is -4.25. The molecule has 194 valence electrons. The predicted molar refractivity (Wildman–Crippen MR) is 147 cm³/mol. The Morgan fingerprint density at radius 2 is 1.39 bits per heavy atom. The van der Waals surface area contributed by atoms with E-state index in [2.05, 4.69) is 31.2 Å². The molecule has 0 bridgehead atoms. The fourth-order valence-corrected chi connectivity index (χ4v) is 4.10. The highest BCUT2D eigenvalue weighted by atomic mass is 19.2. The molecule has 0 aliphatic carbocycles. The van der Waals surface area contributed by atoms with E-state index >= 15 is 0 Å². The molecule has 0 spiro atoms. The third-order valence-corrected chi connectivity index (χ3v) is 6.23. The van der Waals surface area contributed by atoms with Crippen LogP contribution >= 0.6 is 0 Å². The topological polar surface area (TPSA) is 35.5 Å².